The Balaban J connectivity index is 1.43. The molecular formula is C30H23FN2O6. The lowest BCUT2D eigenvalue weighted by Crippen LogP contribution is -2.42. The number of amides is 2. The lowest BCUT2D eigenvalue weighted by Gasteiger charge is -2.27. The third-order valence-corrected chi connectivity index (χ3v) is 6.44. The third kappa shape index (κ3) is 5.05. The van der Waals surface area contributed by atoms with Crippen molar-refractivity contribution in [2.75, 3.05) is 13.9 Å². The molecule has 39 heavy (non-hydrogen) atoms. The molecule has 0 saturated heterocycles. The van der Waals surface area contributed by atoms with Crippen LogP contribution in [0.2, 0.25) is 0 Å². The number of imide groups is 1. The van der Waals surface area contributed by atoms with E-state index in [0.717, 1.165) is 4.90 Å². The van der Waals surface area contributed by atoms with Gasteiger partial charge in [0.05, 0.1) is 13.7 Å². The summed E-state index contributed by atoms with van der Waals surface area (Å²) >= 11 is 0. The molecule has 0 radical (unpaired) electrons. The summed E-state index contributed by atoms with van der Waals surface area (Å²) < 4.78 is 35.9. The first-order chi connectivity index (χ1) is 18.9. The Bertz CT molecular complexity index is 1590. The van der Waals surface area contributed by atoms with Gasteiger partial charge in [0.25, 0.3) is 11.8 Å². The zero-order valence-electron chi connectivity index (χ0n) is 21.2. The van der Waals surface area contributed by atoms with E-state index in [4.69, 9.17) is 18.9 Å². The van der Waals surface area contributed by atoms with Crippen molar-refractivity contribution in [3.05, 3.63) is 99.9 Å². The molecule has 2 aliphatic heterocycles. The maximum absolute atomic E-state index is 14.0. The molecule has 0 fully saturated rings. The average molecular weight is 527 g/mol. The molecule has 0 atom stereocenters. The van der Waals surface area contributed by atoms with Crippen LogP contribution in [0.1, 0.15) is 23.6 Å². The van der Waals surface area contributed by atoms with E-state index in [1.807, 2.05) is 6.07 Å². The van der Waals surface area contributed by atoms with Crippen molar-refractivity contribution in [1.82, 2.24) is 4.90 Å². The molecule has 0 aromatic heterocycles. The van der Waals surface area contributed by atoms with E-state index in [2.05, 4.69) is 0 Å². The van der Waals surface area contributed by atoms with E-state index in [9.17, 15) is 19.2 Å². The summed E-state index contributed by atoms with van der Waals surface area (Å²) in [5.41, 5.74) is 2.01. The Morgan fingerprint density at radius 2 is 1.82 bits per heavy atom. The number of hydrogen-bond acceptors (Lipinski definition) is 7. The highest BCUT2D eigenvalue weighted by Gasteiger charge is 2.35. The van der Waals surface area contributed by atoms with Crippen LogP contribution < -0.4 is 18.9 Å². The number of methoxy groups -OCH3 is 1. The molecule has 2 amide bonds. The molecule has 196 valence electrons. The van der Waals surface area contributed by atoms with Crippen molar-refractivity contribution in [1.29, 1.82) is 5.26 Å². The number of fused-ring (bicyclic) bond motifs is 1. The van der Waals surface area contributed by atoms with Gasteiger partial charge >= 0.3 is 0 Å². The van der Waals surface area contributed by atoms with E-state index >= 15 is 0 Å². The number of nitrogens with zero attached hydrogens (tertiary/aromatic N) is 2. The summed E-state index contributed by atoms with van der Waals surface area (Å²) in [6.07, 6.45) is 1.59. The predicted octanol–water partition coefficient (Wildman–Crippen LogP) is 4.93. The van der Waals surface area contributed by atoms with Crippen LogP contribution in [0.4, 0.5) is 4.39 Å². The summed E-state index contributed by atoms with van der Waals surface area (Å²) in [5.74, 6) is 0.305. The van der Waals surface area contributed by atoms with Crippen LogP contribution in [-0.2, 0) is 22.7 Å². The lowest BCUT2D eigenvalue weighted by atomic mass is 9.93. The molecule has 0 saturated carbocycles. The van der Waals surface area contributed by atoms with Crippen molar-refractivity contribution in [3.63, 3.8) is 0 Å². The lowest BCUT2D eigenvalue weighted by molar-refractivity contribution is -0.141. The fourth-order valence-electron chi connectivity index (χ4n) is 4.33. The molecule has 8 nitrogen and oxygen atoms in total. The topological polar surface area (TPSA) is 98.1 Å². The van der Waals surface area contributed by atoms with Crippen molar-refractivity contribution < 1.29 is 32.9 Å². The van der Waals surface area contributed by atoms with Gasteiger partial charge in [0.15, 0.2) is 23.0 Å². The van der Waals surface area contributed by atoms with Crippen LogP contribution in [-0.4, -0.2) is 30.6 Å². The number of ether oxygens (including phenoxy) is 4. The maximum Gasteiger partial charge on any atom is 0.271 e. The maximum atomic E-state index is 14.0. The molecule has 3 aromatic rings. The van der Waals surface area contributed by atoms with Gasteiger partial charge < -0.3 is 18.9 Å². The molecule has 0 spiro atoms. The van der Waals surface area contributed by atoms with Gasteiger partial charge in [-0.3, -0.25) is 14.5 Å². The zero-order valence-corrected chi connectivity index (χ0v) is 21.2. The highest BCUT2D eigenvalue weighted by Crippen LogP contribution is 2.35. The van der Waals surface area contributed by atoms with E-state index < -0.39 is 11.8 Å². The molecular weight excluding hydrogens is 503 g/mol. The molecule has 2 aliphatic rings. The van der Waals surface area contributed by atoms with E-state index in [-0.39, 0.29) is 42.5 Å². The molecule has 0 aliphatic carbocycles. The molecule has 3 aromatic carbocycles. The van der Waals surface area contributed by atoms with Crippen LogP contribution >= 0.6 is 0 Å². The minimum absolute atomic E-state index is 0.00621. The van der Waals surface area contributed by atoms with E-state index in [1.54, 1.807) is 67.6 Å². The Morgan fingerprint density at radius 3 is 2.59 bits per heavy atom. The first-order valence-corrected chi connectivity index (χ1v) is 12.0. The Kier molecular flexibility index (Phi) is 7.02. The minimum Gasteiger partial charge on any atom is -0.493 e. The summed E-state index contributed by atoms with van der Waals surface area (Å²) in [7, 11) is 1.47. The second-order valence-electron chi connectivity index (χ2n) is 8.84. The fraction of sp³-hybridized carbons (Fsp3) is 0.167. The number of benzene rings is 3. The monoisotopic (exact) mass is 526 g/mol. The molecule has 5 rings (SSSR count). The second kappa shape index (κ2) is 10.7. The van der Waals surface area contributed by atoms with Gasteiger partial charge in [-0.15, -0.1) is 0 Å². The number of halogens is 1. The van der Waals surface area contributed by atoms with E-state index in [0.29, 0.717) is 39.7 Å². The highest BCUT2D eigenvalue weighted by molar-refractivity contribution is 6.19. The molecule has 0 bridgehead atoms. The van der Waals surface area contributed by atoms with Crippen molar-refractivity contribution >= 4 is 17.9 Å². The van der Waals surface area contributed by atoms with Gasteiger partial charge in [0.1, 0.15) is 24.1 Å². The summed E-state index contributed by atoms with van der Waals surface area (Å²) in [6.45, 7) is 1.63. The van der Waals surface area contributed by atoms with Crippen LogP contribution in [0.5, 0.6) is 23.0 Å². The average Bonchev–Trinajstić information content (AvgIpc) is 3.41. The van der Waals surface area contributed by atoms with Crippen LogP contribution in [0.3, 0.4) is 0 Å². The van der Waals surface area contributed by atoms with Crippen LogP contribution in [0.25, 0.3) is 6.08 Å². The fourth-order valence-corrected chi connectivity index (χ4v) is 4.33. The van der Waals surface area contributed by atoms with Crippen molar-refractivity contribution in [3.8, 4) is 29.1 Å². The van der Waals surface area contributed by atoms with Gasteiger partial charge in [-0.05, 0) is 60.0 Å². The quantitative estimate of drug-likeness (QED) is 0.318. The predicted molar refractivity (Wildman–Crippen MR) is 138 cm³/mol. The minimum atomic E-state index is -0.663. The summed E-state index contributed by atoms with van der Waals surface area (Å²) in [4.78, 5) is 27.6. The zero-order chi connectivity index (χ0) is 27.5. The second-order valence-corrected chi connectivity index (χ2v) is 8.84. The summed E-state index contributed by atoms with van der Waals surface area (Å²) in [6, 6.07) is 18.4. The number of carbonyl (C=O) groups excluding carboxylic acids is 2. The Morgan fingerprint density at radius 1 is 1.03 bits per heavy atom. The SMILES string of the molecule is COc1cc(/C=C2/C(=O)N(Cc3ccc4c(c3)OCO4)C(=O)C(C#N)=C2C)ccc1OCc1ccccc1F. The molecule has 0 N–H and O–H groups in total. The van der Waals surface area contributed by atoms with Gasteiger partial charge in [-0.25, -0.2) is 4.39 Å². The van der Waals surface area contributed by atoms with Crippen LogP contribution in [0.15, 0.2) is 77.4 Å². The van der Waals surface area contributed by atoms with Gasteiger partial charge in [0, 0.05) is 11.1 Å². The standard InChI is InChI=1S/C30H23FN2O6/c1-18-22(11-19-7-9-25(27(12-19)36-2)37-16-21-5-3-4-6-24(21)31)29(34)33(30(35)23(18)14-32)15-20-8-10-26-28(13-20)39-17-38-26/h3-13H,15-17H2,1-2H3/b22-11+. The van der Waals surface area contributed by atoms with Crippen molar-refractivity contribution in [2.45, 2.75) is 20.1 Å². The molecule has 2 heterocycles. The normalized spacial score (nSPS) is 15.5. The van der Waals surface area contributed by atoms with Crippen molar-refractivity contribution in [2.24, 2.45) is 0 Å². The number of hydrogen-bond donors (Lipinski definition) is 0. The van der Waals surface area contributed by atoms with E-state index in [1.165, 1.54) is 13.2 Å². The number of carbonyl (C=O) groups is 2. The Labute approximate surface area is 224 Å². The van der Waals surface area contributed by atoms with Gasteiger partial charge in [-0.2, -0.15) is 5.26 Å². The largest absolute Gasteiger partial charge is 0.493 e. The number of rotatable bonds is 7. The first kappa shape index (κ1) is 25.5. The summed E-state index contributed by atoms with van der Waals surface area (Å²) in [5, 5.41) is 9.71. The Hall–Kier alpha value is -5.10. The molecule has 9 heteroatoms. The van der Waals surface area contributed by atoms with Crippen LogP contribution in [0, 0.1) is 17.1 Å². The first-order valence-electron chi connectivity index (χ1n) is 12.0. The number of nitriles is 1. The highest BCUT2D eigenvalue weighted by atomic mass is 19.1. The molecule has 0 unspecified atom stereocenters. The third-order valence-electron chi connectivity index (χ3n) is 6.44. The van der Waals surface area contributed by atoms with Gasteiger partial charge in [0.2, 0.25) is 6.79 Å². The van der Waals surface area contributed by atoms with Gasteiger partial charge in [-0.1, -0.05) is 30.3 Å². The smallest absolute Gasteiger partial charge is 0.271 e.